The first kappa shape index (κ1) is 30.0. The van der Waals surface area contributed by atoms with Gasteiger partial charge >= 0.3 is 0 Å². The lowest BCUT2D eigenvalue weighted by Crippen LogP contribution is -2.10. The van der Waals surface area contributed by atoms with Gasteiger partial charge in [0.15, 0.2) is 0 Å². The van der Waals surface area contributed by atoms with Crippen LogP contribution in [-0.4, -0.2) is 0 Å². The van der Waals surface area contributed by atoms with E-state index in [0.29, 0.717) is 0 Å². The van der Waals surface area contributed by atoms with E-state index in [1.54, 1.807) is 0 Å². The van der Waals surface area contributed by atoms with Crippen LogP contribution in [-0.2, 0) is 0 Å². The summed E-state index contributed by atoms with van der Waals surface area (Å²) in [4.78, 5) is 2.36. The summed E-state index contributed by atoms with van der Waals surface area (Å²) in [6, 6.07) is 71.7. The predicted octanol–water partition coefficient (Wildman–Crippen LogP) is 14.4. The number of fused-ring (bicyclic) bond motifs is 5. The molecule has 1 aromatic heterocycles. The van der Waals surface area contributed by atoms with Gasteiger partial charge in [-0.05, 0) is 110 Å². The van der Waals surface area contributed by atoms with Crippen LogP contribution in [0.25, 0.3) is 76.9 Å². The fourth-order valence-corrected chi connectivity index (χ4v) is 7.57. The molecule has 2 nitrogen and oxygen atoms in total. The maximum Gasteiger partial charge on any atom is 0.137 e. The molecule has 0 fully saturated rings. The van der Waals surface area contributed by atoms with E-state index in [1.807, 2.05) is 6.07 Å². The van der Waals surface area contributed by atoms with Crippen molar-refractivity contribution in [1.29, 1.82) is 0 Å². The molecule has 244 valence electrons. The molecule has 0 saturated heterocycles. The molecular formula is C50H33NO. The van der Waals surface area contributed by atoms with E-state index in [-0.39, 0.29) is 0 Å². The Bertz CT molecular complexity index is 2890. The van der Waals surface area contributed by atoms with Gasteiger partial charge in [0.25, 0.3) is 0 Å². The van der Waals surface area contributed by atoms with Crippen LogP contribution in [0.15, 0.2) is 205 Å². The van der Waals surface area contributed by atoms with E-state index in [4.69, 9.17) is 4.42 Å². The Labute approximate surface area is 302 Å². The van der Waals surface area contributed by atoms with Crippen molar-refractivity contribution in [3.05, 3.63) is 200 Å². The molecule has 10 rings (SSSR count). The minimum absolute atomic E-state index is 0.867. The first-order valence-electron chi connectivity index (χ1n) is 17.7. The van der Waals surface area contributed by atoms with Crippen LogP contribution in [0.4, 0.5) is 17.1 Å². The van der Waals surface area contributed by atoms with Crippen LogP contribution in [0, 0.1) is 0 Å². The fraction of sp³-hybridized carbons (Fsp3) is 0. The lowest BCUT2D eigenvalue weighted by Gasteiger charge is -2.27. The normalized spacial score (nSPS) is 11.5. The van der Waals surface area contributed by atoms with Crippen molar-refractivity contribution in [2.75, 3.05) is 4.90 Å². The third kappa shape index (κ3) is 5.30. The van der Waals surface area contributed by atoms with E-state index < -0.39 is 0 Å². The van der Waals surface area contributed by atoms with Crippen LogP contribution in [0.5, 0.6) is 0 Å². The van der Waals surface area contributed by atoms with Crippen molar-refractivity contribution in [2.45, 2.75) is 0 Å². The molecule has 0 saturated carbocycles. The Balaban J connectivity index is 1.06. The molecule has 0 N–H and O–H groups in total. The zero-order valence-corrected chi connectivity index (χ0v) is 28.4. The quantitative estimate of drug-likeness (QED) is 0.176. The summed E-state index contributed by atoms with van der Waals surface area (Å²) < 4.78 is 6.56. The molecule has 0 radical (unpaired) electrons. The summed E-state index contributed by atoms with van der Waals surface area (Å²) in [6.45, 7) is 0. The van der Waals surface area contributed by atoms with Gasteiger partial charge < -0.3 is 9.32 Å². The van der Waals surface area contributed by atoms with Crippen molar-refractivity contribution in [2.24, 2.45) is 0 Å². The van der Waals surface area contributed by atoms with Gasteiger partial charge in [-0.2, -0.15) is 0 Å². The Kier molecular flexibility index (Phi) is 7.18. The van der Waals surface area contributed by atoms with Gasteiger partial charge in [0.2, 0.25) is 0 Å². The van der Waals surface area contributed by atoms with Crippen molar-refractivity contribution < 1.29 is 4.42 Å². The van der Waals surface area contributed by atoms with Crippen LogP contribution in [0.1, 0.15) is 0 Å². The minimum Gasteiger partial charge on any atom is -0.456 e. The van der Waals surface area contributed by atoms with Crippen molar-refractivity contribution >= 4 is 60.5 Å². The molecule has 0 unspecified atom stereocenters. The average Bonchev–Trinajstić information content (AvgIpc) is 3.60. The maximum absolute atomic E-state index is 6.56. The number of rotatable bonds is 6. The second-order valence-electron chi connectivity index (χ2n) is 13.4. The summed E-state index contributed by atoms with van der Waals surface area (Å²) >= 11 is 0. The largest absolute Gasteiger partial charge is 0.456 e. The highest BCUT2D eigenvalue weighted by molar-refractivity contribution is 6.14. The molecule has 0 aliphatic carbocycles. The number of hydrogen-bond donors (Lipinski definition) is 0. The number of anilines is 3. The second kappa shape index (κ2) is 12.5. The van der Waals surface area contributed by atoms with Crippen LogP contribution >= 0.6 is 0 Å². The Morgan fingerprint density at radius 2 is 0.827 bits per heavy atom. The third-order valence-corrected chi connectivity index (χ3v) is 10.2. The highest BCUT2D eigenvalue weighted by atomic mass is 16.3. The lowest BCUT2D eigenvalue weighted by molar-refractivity contribution is 0.669. The zero-order valence-electron chi connectivity index (χ0n) is 28.4. The van der Waals surface area contributed by atoms with Crippen LogP contribution in [0.2, 0.25) is 0 Å². The van der Waals surface area contributed by atoms with Gasteiger partial charge in [-0.1, -0.05) is 146 Å². The molecule has 10 aromatic rings. The van der Waals surface area contributed by atoms with Gasteiger partial charge in [0.05, 0.1) is 11.1 Å². The molecule has 0 aliphatic rings. The summed E-state index contributed by atoms with van der Waals surface area (Å²) in [7, 11) is 0. The Morgan fingerprint density at radius 1 is 0.308 bits per heavy atom. The highest BCUT2D eigenvalue weighted by Crippen LogP contribution is 2.44. The molecule has 0 aliphatic heterocycles. The standard InChI is InChI=1S/C50H33NO/c1-2-9-34(10-3-1)43-26-30-46-49(33-43)52-48-16-8-15-47(50(46)48)51(45-29-25-36-12-5-7-14-41(36)32-45)44-27-23-38(24-28-44)37-17-19-39(20-18-37)42-22-21-35-11-4-6-13-40(35)31-42/h1-33H. The van der Waals surface area contributed by atoms with Gasteiger partial charge in [-0.3, -0.25) is 0 Å². The number of hydrogen-bond acceptors (Lipinski definition) is 2. The first-order chi connectivity index (χ1) is 25.7. The first-order valence-corrected chi connectivity index (χ1v) is 17.7. The topological polar surface area (TPSA) is 16.4 Å². The average molecular weight is 664 g/mol. The second-order valence-corrected chi connectivity index (χ2v) is 13.4. The molecule has 9 aromatic carbocycles. The summed E-state index contributed by atoms with van der Waals surface area (Å²) in [5.41, 5.74) is 12.1. The monoisotopic (exact) mass is 663 g/mol. The van der Waals surface area contributed by atoms with E-state index >= 15 is 0 Å². The van der Waals surface area contributed by atoms with Crippen molar-refractivity contribution in [1.82, 2.24) is 0 Å². The third-order valence-electron chi connectivity index (χ3n) is 10.2. The lowest BCUT2D eigenvalue weighted by atomic mass is 9.98. The van der Waals surface area contributed by atoms with Gasteiger partial charge in [-0.25, -0.2) is 0 Å². The molecule has 52 heavy (non-hydrogen) atoms. The summed E-state index contributed by atoms with van der Waals surface area (Å²) in [6.07, 6.45) is 0. The highest BCUT2D eigenvalue weighted by Gasteiger charge is 2.20. The van der Waals surface area contributed by atoms with Gasteiger partial charge in [0, 0.05) is 16.8 Å². The molecule has 0 atom stereocenters. The van der Waals surface area contributed by atoms with Crippen molar-refractivity contribution in [3.63, 3.8) is 0 Å². The number of furan rings is 1. The fourth-order valence-electron chi connectivity index (χ4n) is 7.57. The molecular weight excluding hydrogens is 631 g/mol. The predicted molar refractivity (Wildman–Crippen MR) is 220 cm³/mol. The van der Waals surface area contributed by atoms with E-state index in [0.717, 1.165) is 44.6 Å². The number of benzene rings is 9. The number of nitrogens with zero attached hydrogens (tertiary/aromatic N) is 1. The van der Waals surface area contributed by atoms with Crippen LogP contribution < -0.4 is 4.90 Å². The smallest absolute Gasteiger partial charge is 0.137 e. The molecule has 2 heteroatoms. The van der Waals surface area contributed by atoms with Gasteiger partial charge in [0.1, 0.15) is 11.2 Å². The van der Waals surface area contributed by atoms with E-state index in [9.17, 15) is 0 Å². The molecule has 0 amide bonds. The summed E-state index contributed by atoms with van der Waals surface area (Å²) in [5.74, 6) is 0. The van der Waals surface area contributed by atoms with Crippen molar-refractivity contribution in [3.8, 4) is 33.4 Å². The van der Waals surface area contributed by atoms with Gasteiger partial charge in [-0.15, -0.1) is 0 Å². The SMILES string of the molecule is c1ccc(-c2ccc3c(c2)oc2cccc(N(c4ccc(-c5ccc(-c6ccc7ccccc7c6)cc5)cc4)c4ccc5ccccc5c4)c23)cc1. The Hall–Kier alpha value is -6.90. The Morgan fingerprint density at radius 3 is 1.56 bits per heavy atom. The zero-order chi connectivity index (χ0) is 34.4. The molecule has 0 spiro atoms. The summed E-state index contributed by atoms with van der Waals surface area (Å²) in [5, 5.41) is 7.12. The minimum atomic E-state index is 0.867. The van der Waals surface area contributed by atoms with Crippen LogP contribution in [0.3, 0.4) is 0 Å². The van der Waals surface area contributed by atoms with E-state index in [1.165, 1.54) is 49.4 Å². The maximum atomic E-state index is 6.56. The molecule has 0 bridgehead atoms. The molecule has 1 heterocycles. The van der Waals surface area contributed by atoms with E-state index in [2.05, 4.69) is 199 Å².